The van der Waals surface area contributed by atoms with Crippen LogP contribution < -0.4 is 0 Å². The Hall–Kier alpha value is -1.37. The van der Waals surface area contributed by atoms with Crippen molar-refractivity contribution in [2.75, 3.05) is 0 Å². The van der Waals surface area contributed by atoms with Gasteiger partial charge in [0.05, 0.1) is 0 Å². The van der Waals surface area contributed by atoms with E-state index in [1.165, 1.54) is 0 Å². The molecular formula is C13H12F. The van der Waals surface area contributed by atoms with Crippen molar-refractivity contribution in [3.05, 3.63) is 53.6 Å². The highest BCUT2D eigenvalue weighted by Crippen LogP contribution is 2.33. The predicted octanol–water partition coefficient (Wildman–Crippen LogP) is 3.51. The summed E-state index contributed by atoms with van der Waals surface area (Å²) in [5.41, 5.74) is 2.13. The molecule has 1 aromatic rings. The lowest BCUT2D eigenvalue weighted by Crippen LogP contribution is -2.07. The highest BCUT2D eigenvalue weighted by Gasteiger charge is 2.23. The third kappa shape index (κ3) is 1.50. The molecule has 0 fully saturated rings. The maximum atomic E-state index is 13.6. The summed E-state index contributed by atoms with van der Waals surface area (Å²) in [6, 6.07) is 7.86. The molecule has 14 heavy (non-hydrogen) atoms. The third-order valence-electron chi connectivity index (χ3n) is 2.44. The lowest BCUT2D eigenvalue weighted by Gasteiger charge is -2.11. The number of alkyl halides is 1. The summed E-state index contributed by atoms with van der Waals surface area (Å²) < 4.78 is 13.6. The minimum Gasteiger partial charge on any atom is -0.242 e. The highest BCUT2D eigenvalue weighted by molar-refractivity contribution is 5.60. The van der Waals surface area contributed by atoms with Crippen LogP contribution in [0.5, 0.6) is 0 Å². The Morgan fingerprint density at radius 2 is 2.21 bits per heavy atom. The van der Waals surface area contributed by atoms with Gasteiger partial charge in [-0.3, -0.25) is 0 Å². The van der Waals surface area contributed by atoms with E-state index in [0.717, 1.165) is 11.1 Å². The van der Waals surface area contributed by atoms with Crippen LogP contribution in [0, 0.1) is 6.08 Å². The standard InChI is InChI=1S/C13H12F/c1-2-5-13(14)12-9-8-10-6-3-4-7-11(10)12/h2-8,12-13H,1H3/b5-2+. The van der Waals surface area contributed by atoms with Gasteiger partial charge in [-0.2, -0.15) is 0 Å². The van der Waals surface area contributed by atoms with Gasteiger partial charge in [0.25, 0.3) is 0 Å². The molecule has 71 valence electrons. The SMILES string of the molecule is C/C=C/C(F)C1[C]=Cc2ccccc21. The van der Waals surface area contributed by atoms with Crippen LogP contribution in [-0.4, -0.2) is 6.17 Å². The molecule has 0 amide bonds. The van der Waals surface area contributed by atoms with E-state index < -0.39 is 6.17 Å². The number of halogens is 1. The van der Waals surface area contributed by atoms with E-state index in [0.29, 0.717) is 0 Å². The third-order valence-corrected chi connectivity index (χ3v) is 2.44. The first kappa shape index (κ1) is 9.20. The summed E-state index contributed by atoms with van der Waals surface area (Å²) in [5.74, 6) is -0.220. The van der Waals surface area contributed by atoms with E-state index >= 15 is 0 Å². The van der Waals surface area contributed by atoms with E-state index in [1.54, 1.807) is 12.2 Å². The van der Waals surface area contributed by atoms with Crippen LogP contribution in [0.1, 0.15) is 24.0 Å². The number of rotatable bonds is 2. The molecule has 0 bridgehead atoms. The Labute approximate surface area is 83.8 Å². The second-order valence-corrected chi connectivity index (χ2v) is 3.39. The summed E-state index contributed by atoms with van der Waals surface area (Å²) in [7, 11) is 0. The fourth-order valence-corrected chi connectivity index (χ4v) is 1.75. The van der Waals surface area contributed by atoms with Gasteiger partial charge in [0.1, 0.15) is 6.17 Å². The van der Waals surface area contributed by atoms with E-state index in [2.05, 4.69) is 6.08 Å². The average molecular weight is 187 g/mol. The number of hydrogen-bond acceptors (Lipinski definition) is 0. The van der Waals surface area contributed by atoms with Gasteiger partial charge in [-0.15, -0.1) is 0 Å². The number of allylic oxidation sites excluding steroid dienone is 3. The van der Waals surface area contributed by atoms with Gasteiger partial charge in [-0.1, -0.05) is 42.5 Å². The fourth-order valence-electron chi connectivity index (χ4n) is 1.75. The van der Waals surface area contributed by atoms with Gasteiger partial charge < -0.3 is 0 Å². The van der Waals surface area contributed by atoms with Gasteiger partial charge in [-0.25, -0.2) is 4.39 Å². The van der Waals surface area contributed by atoms with Gasteiger partial charge in [0.15, 0.2) is 0 Å². The molecule has 1 aliphatic carbocycles. The second kappa shape index (κ2) is 3.79. The van der Waals surface area contributed by atoms with Crippen molar-refractivity contribution < 1.29 is 4.39 Å². The Kier molecular flexibility index (Phi) is 2.49. The van der Waals surface area contributed by atoms with E-state index in [9.17, 15) is 4.39 Å². The smallest absolute Gasteiger partial charge is 0.129 e. The van der Waals surface area contributed by atoms with Crippen LogP contribution in [0.25, 0.3) is 6.08 Å². The van der Waals surface area contributed by atoms with Crippen LogP contribution in [0.15, 0.2) is 36.4 Å². The van der Waals surface area contributed by atoms with Crippen LogP contribution in [0.4, 0.5) is 4.39 Å². The lowest BCUT2D eigenvalue weighted by atomic mass is 9.96. The molecule has 2 atom stereocenters. The quantitative estimate of drug-likeness (QED) is 0.621. The van der Waals surface area contributed by atoms with Crippen molar-refractivity contribution in [3.8, 4) is 0 Å². The molecule has 1 aliphatic rings. The van der Waals surface area contributed by atoms with Gasteiger partial charge in [-0.05, 0) is 24.1 Å². The van der Waals surface area contributed by atoms with Crippen molar-refractivity contribution in [2.45, 2.75) is 19.0 Å². The molecule has 1 radical (unpaired) electrons. The highest BCUT2D eigenvalue weighted by atomic mass is 19.1. The molecule has 0 saturated carbocycles. The van der Waals surface area contributed by atoms with Gasteiger partial charge in [0.2, 0.25) is 0 Å². The van der Waals surface area contributed by atoms with Gasteiger partial charge >= 0.3 is 0 Å². The fraction of sp³-hybridized carbons (Fsp3) is 0.231. The molecule has 0 N–H and O–H groups in total. The topological polar surface area (TPSA) is 0 Å². The lowest BCUT2D eigenvalue weighted by molar-refractivity contribution is 0.369. The number of hydrogen-bond donors (Lipinski definition) is 0. The van der Waals surface area contributed by atoms with Crippen molar-refractivity contribution in [1.82, 2.24) is 0 Å². The summed E-state index contributed by atoms with van der Waals surface area (Å²) in [5, 5.41) is 0. The molecule has 1 heteroatoms. The summed E-state index contributed by atoms with van der Waals surface area (Å²) in [4.78, 5) is 0. The van der Waals surface area contributed by atoms with Gasteiger partial charge in [0, 0.05) is 5.92 Å². The zero-order chi connectivity index (χ0) is 9.97. The van der Waals surface area contributed by atoms with Crippen molar-refractivity contribution in [1.29, 1.82) is 0 Å². The van der Waals surface area contributed by atoms with Crippen LogP contribution >= 0.6 is 0 Å². The van der Waals surface area contributed by atoms with Crippen LogP contribution in [-0.2, 0) is 0 Å². The Balaban J connectivity index is 2.30. The van der Waals surface area contributed by atoms with E-state index in [-0.39, 0.29) is 5.92 Å². The Morgan fingerprint density at radius 1 is 1.43 bits per heavy atom. The molecule has 0 aromatic heterocycles. The minimum atomic E-state index is -0.958. The molecule has 0 nitrogen and oxygen atoms in total. The molecule has 0 saturated heterocycles. The molecular weight excluding hydrogens is 175 g/mol. The first-order valence-corrected chi connectivity index (χ1v) is 4.78. The normalized spacial score (nSPS) is 21.4. The number of fused-ring (bicyclic) bond motifs is 1. The zero-order valence-corrected chi connectivity index (χ0v) is 8.07. The van der Waals surface area contributed by atoms with Crippen molar-refractivity contribution in [2.24, 2.45) is 0 Å². The average Bonchev–Trinajstić information content (AvgIpc) is 2.61. The van der Waals surface area contributed by atoms with Crippen LogP contribution in [0.3, 0.4) is 0 Å². The molecule has 0 spiro atoms. The predicted molar refractivity (Wildman–Crippen MR) is 56.6 cm³/mol. The monoisotopic (exact) mass is 187 g/mol. The molecule has 2 unspecified atom stereocenters. The first-order valence-electron chi connectivity index (χ1n) is 4.78. The summed E-state index contributed by atoms with van der Waals surface area (Å²) >= 11 is 0. The first-order chi connectivity index (χ1) is 6.83. The summed E-state index contributed by atoms with van der Waals surface area (Å²) in [6.45, 7) is 1.83. The van der Waals surface area contributed by atoms with E-state index in [1.807, 2.05) is 37.3 Å². The molecule has 0 aliphatic heterocycles. The van der Waals surface area contributed by atoms with E-state index in [4.69, 9.17) is 0 Å². The minimum absolute atomic E-state index is 0.220. The zero-order valence-electron chi connectivity index (χ0n) is 8.07. The second-order valence-electron chi connectivity index (χ2n) is 3.39. The number of benzene rings is 1. The Morgan fingerprint density at radius 3 is 3.00 bits per heavy atom. The maximum Gasteiger partial charge on any atom is 0.129 e. The molecule has 2 rings (SSSR count). The van der Waals surface area contributed by atoms with Crippen molar-refractivity contribution >= 4 is 6.08 Å². The Bertz CT molecular complexity index is 377. The molecule has 0 heterocycles. The van der Waals surface area contributed by atoms with Crippen molar-refractivity contribution in [3.63, 3.8) is 0 Å². The van der Waals surface area contributed by atoms with Crippen LogP contribution in [0.2, 0.25) is 0 Å². The maximum absolute atomic E-state index is 13.6. The largest absolute Gasteiger partial charge is 0.242 e. The molecule has 1 aromatic carbocycles. The summed E-state index contributed by atoms with van der Waals surface area (Å²) in [6.07, 6.45) is 7.29.